The lowest BCUT2D eigenvalue weighted by Gasteiger charge is -2.15. The van der Waals surface area contributed by atoms with Crippen molar-refractivity contribution < 1.29 is 9.53 Å². The van der Waals surface area contributed by atoms with Crippen molar-refractivity contribution in [2.45, 2.75) is 6.92 Å². The number of methoxy groups -OCH3 is 1. The van der Waals surface area contributed by atoms with E-state index in [0.29, 0.717) is 5.56 Å². The predicted octanol–water partition coefficient (Wildman–Crippen LogP) is 4.19. The summed E-state index contributed by atoms with van der Waals surface area (Å²) in [6.45, 7) is 1.54. The highest BCUT2D eigenvalue weighted by molar-refractivity contribution is 6.08. The second-order valence-corrected chi connectivity index (χ2v) is 4.95. The van der Waals surface area contributed by atoms with Crippen molar-refractivity contribution in [1.82, 2.24) is 4.98 Å². The van der Waals surface area contributed by atoms with Crippen LogP contribution in [0.4, 0.5) is 11.4 Å². The zero-order valence-electron chi connectivity index (χ0n) is 12.5. The van der Waals surface area contributed by atoms with E-state index >= 15 is 0 Å². The van der Waals surface area contributed by atoms with Crippen molar-refractivity contribution >= 4 is 28.1 Å². The van der Waals surface area contributed by atoms with Crippen molar-refractivity contribution in [2.24, 2.45) is 0 Å². The van der Waals surface area contributed by atoms with E-state index in [1.807, 2.05) is 48.5 Å². The molecular weight excluding hydrogens is 276 g/mol. The molecule has 3 aromatic rings. The van der Waals surface area contributed by atoms with Crippen LogP contribution < -0.4 is 10.1 Å². The van der Waals surface area contributed by atoms with Gasteiger partial charge in [0.05, 0.1) is 29.6 Å². The fourth-order valence-electron chi connectivity index (χ4n) is 2.43. The first-order chi connectivity index (χ1) is 10.7. The maximum absolute atomic E-state index is 11.9. The van der Waals surface area contributed by atoms with Gasteiger partial charge in [-0.1, -0.05) is 30.3 Å². The van der Waals surface area contributed by atoms with Gasteiger partial charge in [-0.3, -0.25) is 9.78 Å². The Balaban J connectivity index is 2.20. The molecule has 0 saturated carbocycles. The van der Waals surface area contributed by atoms with Gasteiger partial charge in [-0.2, -0.15) is 0 Å². The number of Topliss-reactive ketones (excluding diaryl/α,β-unsaturated/α-hetero) is 1. The molecule has 0 saturated heterocycles. The van der Waals surface area contributed by atoms with Crippen LogP contribution in [-0.4, -0.2) is 17.9 Å². The SMILES string of the molecule is COc1ccccc1Nc1c(C(C)=O)cnc2ccccc12. The van der Waals surface area contributed by atoms with E-state index < -0.39 is 0 Å². The van der Waals surface area contributed by atoms with Crippen LogP contribution >= 0.6 is 0 Å². The van der Waals surface area contributed by atoms with E-state index in [9.17, 15) is 4.79 Å². The van der Waals surface area contributed by atoms with Crippen molar-refractivity contribution in [3.05, 3.63) is 60.3 Å². The molecule has 4 heteroatoms. The molecule has 0 amide bonds. The van der Waals surface area contributed by atoms with Crippen LogP contribution in [0.1, 0.15) is 17.3 Å². The second kappa shape index (κ2) is 5.85. The van der Waals surface area contributed by atoms with Crippen LogP contribution in [0.5, 0.6) is 5.75 Å². The third kappa shape index (κ3) is 2.51. The third-order valence-electron chi connectivity index (χ3n) is 3.52. The Kier molecular flexibility index (Phi) is 3.74. The molecule has 0 atom stereocenters. The van der Waals surface area contributed by atoms with Gasteiger partial charge in [0, 0.05) is 11.6 Å². The van der Waals surface area contributed by atoms with Crippen LogP contribution in [-0.2, 0) is 0 Å². The average Bonchev–Trinajstić information content (AvgIpc) is 2.55. The zero-order valence-corrected chi connectivity index (χ0v) is 12.5. The van der Waals surface area contributed by atoms with Gasteiger partial charge >= 0.3 is 0 Å². The van der Waals surface area contributed by atoms with Gasteiger partial charge in [0.15, 0.2) is 5.78 Å². The normalized spacial score (nSPS) is 10.5. The van der Waals surface area contributed by atoms with Crippen LogP contribution in [0.15, 0.2) is 54.7 Å². The summed E-state index contributed by atoms with van der Waals surface area (Å²) in [5.74, 6) is 0.688. The van der Waals surface area contributed by atoms with Crippen molar-refractivity contribution in [1.29, 1.82) is 0 Å². The lowest BCUT2D eigenvalue weighted by molar-refractivity contribution is 0.101. The summed E-state index contributed by atoms with van der Waals surface area (Å²) in [5, 5.41) is 4.23. The number of ketones is 1. The van der Waals surface area contributed by atoms with Gasteiger partial charge in [0.1, 0.15) is 5.75 Å². The molecule has 0 spiro atoms. The highest BCUT2D eigenvalue weighted by Crippen LogP contribution is 2.33. The number of carbonyl (C=O) groups is 1. The number of rotatable bonds is 4. The van der Waals surface area contributed by atoms with Crippen molar-refractivity contribution in [2.75, 3.05) is 12.4 Å². The van der Waals surface area contributed by atoms with E-state index in [1.54, 1.807) is 20.2 Å². The summed E-state index contributed by atoms with van der Waals surface area (Å²) in [6, 6.07) is 15.3. The summed E-state index contributed by atoms with van der Waals surface area (Å²) >= 11 is 0. The number of ether oxygens (including phenoxy) is 1. The van der Waals surface area contributed by atoms with E-state index in [-0.39, 0.29) is 5.78 Å². The maximum atomic E-state index is 11.9. The number of nitrogens with one attached hydrogen (secondary N) is 1. The van der Waals surface area contributed by atoms with Gasteiger partial charge in [0.2, 0.25) is 0 Å². The Labute approximate surface area is 128 Å². The topological polar surface area (TPSA) is 51.2 Å². The van der Waals surface area contributed by atoms with Gasteiger partial charge in [-0.15, -0.1) is 0 Å². The number of fused-ring (bicyclic) bond motifs is 1. The molecule has 0 unspecified atom stereocenters. The molecule has 22 heavy (non-hydrogen) atoms. The Hall–Kier alpha value is -2.88. The van der Waals surface area contributed by atoms with E-state index in [2.05, 4.69) is 10.3 Å². The number of nitrogens with zero attached hydrogens (tertiary/aromatic N) is 1. The Bertz CT molecular complexity index is 843. The first-order valence-corrected chi connectivity index (χ1v) is 6.99. The number of aromatic nitrogens is 1. The maximum Gasteiger partial charge on any atom is 0.163 e. The van der Waals surface area contributed by atoms with E-state index in [4.69, 9.17) is 4.74 Å². The molecule has 110 valence electrons. The number of benzene rings is 2. The number of anilines is 2. The lowest BCUT2D eigenvalue weighted by Crippen LogP contribution is -2.03. The number of hydrogen-bond acceptors (Lipinski definition) is 4. The summed E-state index contributed by atoms with van der Waals surface area (Å²) < 4.78 is 5.37. The number of hydrogen-bond donors (Lipinski definition) is 1. The van der Waals surface area contributed by atoms with E-state index in [0.717, 1.165) is 28.0 Å². The smallest absolute Gasteiger partial charge is 0.163 e. The van der Waals surface area contributed by atoms with Crippen LogP contribution in [0.3, 0.4) is 0 Å². The summed E-state index contributed by atoms with van der Waals surface area (Å²) in [5.41, 5.74) is 2.96. The number of pyridine rings is 1. The fourth-order valence-corrected chi connectivity index (χ4v) is 2.43. The standard InChI is InChI=1S/C18H16N2O2/c1-12(21)14-11-19-15-8-4-3-7-13(15)18(14)20-16-9-5-6-10-17(16)22-2/h3-11H,1-2H3,(H,19,20). The Morgan fingerprint density at radius 2 is 1.82 bits per heavy atom. The lowest BCUT2D eigenvalue weighted by atomic mass is 10.1. The molecular formula is C18H16N2O2. The van der Waals surface area contributed by atoms with Crippen LogP contribution in [0.25, 0.3) is 10.9 Å². The average molecular weight is 292 g/mol. The second-order valence-electron chi connectivity index (χ2n) is 4.95. The molecule has 2 aromatic carbocycles. The minimum absolute atomic E-state index is 0.0318. The largest absolute Gasteiger partial charge is 0.495 e. The molecule has 1 N–H and O–H groups in total. The first-order valence-electron chi connectivity index (χ1n) is 6.99. The quantitative estimate of drug-likeness (QED) is 0.733. The molecule has 4 nitrogen and oxygen atoms in total. The highest BCUT2D eigenvalue weighted by Gasteiger charge is 2.14. The minimum atomic E-state index is -0.0318. The molecule has 0 fully saturated rings. The van der Waals surface area contributed by atoms with Crippen molar-refractivity contribution in [3.63, 3.8) is 0 Å². The summed E-state index contributed by atoms with van der Waals surface area (Å²) in [4.78, 5) is 16.3. The monoisotopic (exact) mass is 292 g/mol. The molecule has 3 rings (SSSR count). The van der Waals surface area contributed by atoms with E-state index in [1.165, 1.54) is 0 Å². The first kappa shape index (κ1) is 14.1. The molecule has 0 aliphatic carbocycles. The number of carbonyl (C=O) groups excluding carboxylic acids is 1. The van der Waals surface area contributed by atoms with Gasteiger partial charge < -0.3 is 10.1 Å². The zero-order chi connectivity index (χ0) is 15.5. The Morgan fingerprint density at radius 1 is 1.09 bits per heavy atom. The minimum Gasteiger partial charge on any atom is -0.495 e. The summed E-state index contributed by atoms with van der Waals surface area (Å²) in [7, 11) is 1.62. The summed E-state index contributed by atoms with van der Waals surface area (Å²) in [6.07, 6.45) is 1.61. The fraction of sp³-hybridized carbons (Fsp3) is 0.111. The van der Waals surface area contributed by atoms with Crippen LogP contribution in [0.2, 0.25) is 0 Å². The molecule has 0 bridgehead atoms. The van der Waals surface area contributed by atoms with Crippen LogP contribution in [0, 0.1) is 0 Å². The molecule has 0 radical (unpaired) electrons. The van der Waals surface area contributed by atoms with Gasteiger partial charge in [-0.25, -0.2) is 0 Å². The molecule has 0 aliphatic rings. The predicted molar refractivity (Wildman–Crippen MR) is 88.0 cm³/mol. The highest BCUT2D eigenvalue weighted by atomic mass is 16.5. The van der Waals surface area contributed by atoms with Gasteiger partial charge in [0.25, 0.3) is 0 Å². The van der Waals surface area contributed by atoms with Crippen molar-refractivity contribution in [3.8, 4) is 5.75 Å². The molecule has 1 heterocycles. The molecule has 1 aromatic heterocycles. The van der Waals surface area contributed by atoms with Gasteiger partial charge in [-0.05, 0) is 25.1 Å². The third-order valence-corrected chi connectivity index (χ3v) is 3.52. The molecule has 0 aliphatic heterocycles. The number of para-hydroxylation sites is 3. The Morgan fingerprint density at radius 3 is 2.59 bits per heavy atom.